The van der Waals surface area contributed by atoms with Crippen molar-refractivity contribution in [3.05, 3.63) is 35.6 Å². The van der Waals surface area contributed by atoms with Crippen LogP contribution in [0.15, 0.2) is 24.3 Å². The number of rotatable bonds is 4. The van der Waals surface area contributed by atoms with Gasteiger partial charge < -0.3 is 15.4 Å². The maximum absolute atomic E-state index is 13.4. The lowest BCUT2D eigenvalue weighted by molar-refractivity contribution is -0.129. The Morgan fingerprint density at radius 3 is 3.00 bits per heavy atom. The molecule has 0 unspecified atom stereocenters. The van der Waals surface area contributed by atoms with Crippen molar-refractivity contribution in [3.8, 4) is 0 Å². The van der Waals surface area contributed by atoms with Crippen LogP contribution in [0.3, 0.4) is 0 Å². The van der Waals surface area contributed by atoms with Crippen LogP contribution >= 0.6 is 0 Å². The van der Waals surface area contributed by atoms with Crippen molar-refractivity contribution < 1.29 is 13.9 Å². The van der Waals surface area contributed by atoms with Gasteiger partial charge in [0, 0.05) is 18.5 Å². The summed E-state index contributed by atoms with van der Waals surface area (Å²) in [5.74, 6) is -0.258. The summed E-state index contributed by atoms with van der Waals surface area (Å²) < 4.78 is 18.8. The molecular weight excluding hydrogens is 271 g/mol. The SMILES string of the molecule is C[C@H]1OCCN[C@@H]1C(=O)NCC1(c2cccc(F)c2)CC1. The van der Waals surface area contributed by atoms with Crippen LogP contribution in [0.25, 0.3) is 0 Å². The molecule has 1 saturated heterocycles. The number of hydrogen-bond donors (Lipinski definition) is 2. The standard InChI is InChI=1S/C16H21FN2O2/c1-11-14(18-7-8-21-11)15(20)19-10-16(5-6-16)12-3-2-4-13(17)9-12/h2-4,9,11,14,18H,5-8,10H2,1H3,(H,19,20)/t11-,14+/m1/s1. The summed E-state index contributed by atoms with van der Waals surface area (Å²) >= 11 is 0. The molecule has 1 aromatic carbocycles. The number of morpholine rings is 1. The molecule has 3 rings (SSSR count). The summed E-state index contributed by atoms with van der Waals surface area (Å²) in [7, 11) is 0. The van der Waals surface area contributed by atoms with Crippen molar-refractivity contribution in [1.82, 2.24) is 10.6 Å². The van der Waals surface area contributed by atoms with E-state index in [9.17, 15) is 9.18 Å². The van der Waals surface area contributed by atoms with Crippen molar-refractivity contribution >= 4 is 5.91 Å². The summed E-state index contributed by atoms with van der Waals surface area (Å²) in [6, 6.07) is 6.38. The minimum Gasteiger partial charge on any atom is -0.375 e. The third-order valence-electron chi connectivity index (χ3n) is 4.49. The normalized spacial score (nSPS) is 27.1. The first kappa shape index (κ1) is 14.5. The highest BCUT2D eigenvalue weighted by molar-refractivity contribution is 5.82. The highest BCUT2D eigenvalue weighted by Crippen LogP contribution is 2.47. The molecular formula is C16H21FN2O2. The Balaban J connectivity index is 1.61. The Labute approximate surface area is 124 Å². The summed E-state index contributed by atoms with van der Waals surface area (Å²) in [4.78, 5) is 12.3. The van der Waals surface area contributed by atoms with Crippen LogP contribution in [0.2, 0.25) is 0 Å². The Morgan fingerprint density at radius 2 is 2.33 bits per heavy atom. The molecule has 0 radical (unpaired) electrons. The van der Waals surface area contributed by atoms with E-state index in [1.54, 1.807) is 12.1 Å². The highest BCUT2D eigenvalue weighted by atomic mass is 19.1. The van der Waals surface area contributed by atoms with Crippen LogP contribution in [-0.2, 0) is 14.9 Å². The molecule has 1 aliphatic heterocycles. The molecule has 21 heavy (non-hydrogen) atoms. The lowest BCUT2D eigenvalue weighted by atomic mass is 9.95. The number of halogens is 1. The Morgan fingerprint density at radius 1 is 1.52 bits per heavy atom. The van der Waals surface area contributed by atoms with Gasteiger partial charge in [0.05, 0.1) is 12.7 Å². The molecule has 2 atom stereocenters. The number of benzene rings is 1. The smallest absolute Gasteiger partial charge is 0.239 e. The highest BCUT2D eigenvalue weighted by Gasteiger charge is 2.45. The van der Waals surface area contributed by atoms with Crippen LogP contribution in [0.4, 0.5) is 4.39 Å². The number of amides is 1. The van der Waals surface area contributed by atoms with Crippen molar-refractivity contribution in [1.29, 1.82) is 0 Å². The van der Waals surface area contributed by atoms with Gasteiger partial charge in [-0.25, -0.2) is 4.39 Å². The predicted octanol–water partition coefficient (Wildman–Crippen LogP) is 1.35. The summed E-state index contributed by atoms with van der Waals surface area (Å²) in [6.07, 6.45) is 1.85. The molecule has 1 aromatic rings. The second-order valence-corrected chi connectivity index (χ2v) is 6.02. The van der Waals surface area contributed by atoms with E-state index in [1.807, 2.05) is 13.0 Å². The van der Waals surface area contributed by atoms with E-state index in [1.165, 1.54) is 6.07 Å². The first-order valence-corrected chi connectivity index (χ1v) is 7.49. The number of carbonyl (C=O) groups excluding carboxylic acids is 1. The van der Waals surface area contributed by atoms with Gasteiger partial charge in [-0.3, -0.25) is 4.79 Å². The van der Waals surface area contributed by atoms with E-state index in [0.29, 0.717) is 19.7 Å². The first-order valence-electron chi connectivity index (χ1n) is 7.49. The molecule has 1 heterocycles. The third kappa shape index (κ3) is 3.09. The molecule has 0 bridgehead atoms. The van der Waals surface area contributed by atoms with Gasteiger partial charge in [0.25, 0.3) is 0 Å². The van der Waals surface area contributed by atoms with Gasteiger partial charge >= 0.3 is 0 Å². The minimum atomic E-state index is -0.304. The maximum Gasteiger partial charge on any atom is 0.239 e. The largest absolute Gasteiger partial charge is 0.375 e. The second-order valence-electron chi connectivity index (χ2n) is 6.02. The fraction of sp³-hybridized carbons (Fsp3) is 0.562. The van der Waals surface area contributed by atoms with Crippen LogP contribution in [-0.4, -0.2) is 37.7 Å². The molecule has 5 heteroatoms. The molecule has 2 N–H and O–H groups in total. The van der Waals surface area contributed by atoms with Crippen molar-refractivity contribution in [2.75, 3.05) is 19.7 Å². The predicted molar refractivity (Wildman–Crippen MR) is 77.5 cm³/mol. The van der Waals surface area contributed by atoms with Gasteiger partial charge in [-0.2, -0.15) is 0 Å². The summed E-state index contributed by atoms with van der Waals surface area (Å²) in [5.41, 5.74) is 0.889. The number of ether oxygens (including phenoxy) is 1. The topological polar surface area (TPSA) is 50.4 Å². The number of nitrogens with one attached hydrogen (secondary N) is 2. The lowest BCUT2D eigenvalue weighted by Crippen LogP contribution is -2.56. The molecule has 1 aliphatic carbocycles. The molecule has 2 fully saturated rings. The van der Waals surface area contributed by atoms with Crippen LogP contribution in [0.5, 0.6) is 0 Å². The van der Waals surface area contributed by atoms with E-state index >= 15 is 0 Å². The van der Waals surface area contributed by atoms with Gasteiger partial charge in [0.1, 0.15) is 11.9 Å². The van der Waals surface area contributed by atoms with Crippen LogP contribution < -0.4 is 10.6 Å². The molecule has 0 aromatic heterocycles. The van der Waals surface area contributed by atoms with E-state index in [2.05, 4.69) is 10.6 Å². The maximum atomic E-state index is 13.4. The van der Waals surface area contributed by atoms with Crippen LogP contribution in [0, 0.1) is 5.82 Å². The van der Waals surface area contributed by atoms with Crippen LogP contribution in [0.1, 0.15) is 25.3 Å². The zero-order chi connectivity index (χ0) is 14.9. The van der Waals surface area contributed by atoms with Gasteiger partial charge in [-0.15, -0.1) is 0 Å². The lowest BCUT2D eigenvalue weighted by Gasteiger charge is -2.30. The van der Waals surface area contributed by atoms with Gasteiger partial charge in [-0.1, -0.05) is 12.1 Å². The average Bonchev–Trinajstić information content (AvgIpc) is 3.26. The first-order chi connectivity index (χ1) is 10.1. The molecule has 114 valence electrons. The Hall–Kier alpha value is -1.46. The van der Waals surface area contributed by atoms with Crippen molar-refractivity contribution in [3.63, 3.8) is 0 Å². The monoisotopic (exact) mass is 292 g/mol. The van der Waals surface area contributed by atoms with E-state index < -0.39 is 0 Å². The van der Waals surface area contributed by atoms with E-state index in [4.69, 9.17) is 4.74 Å². The molecule has 0 spiro atoms. The zero-order valence-electron chi connectivity index (χ0n) is 12.2. The van der Waals surface area contributed by atoms with Crippen molar-refractivity contribution in [2.24, 2.45) is 0 Å². The number of carbonyl (C=O) groups is 1. The molecule has 1 saturated carbocycles. The molecule has 4 nitrogen and oxygen atoms in total. The van der Waals surface area contributed by atoms with Gasteiger partial charge in [0.15, 0.2) is 0 Å². The van der Waals surface area contributed by atoms with Gasteiger partial charge in [0.2, 0.25) is 5.91 Å². The summed E-state index contributed by atoms with van der Waals surface area (Å²) in [5, 5.41) is 6.18. The number of hydrogen-bond acceptors (Lipinski definition) is 3. The molecule has 2 aliphatic rings. The Kier molecular flexibility index (Phi) is 3.95. The van der Waals surface area contributed by atoms with E-state index in [-0.39, 0.29) is 29.3 Å². The summed E-state index contributed by atoms with van der Waals surface area (Å²) in [6.45, 7) is 3.78. The zero-order valence-corrected chi connectivity index (χ0v) is 12.2. The van der Waals surface area contributed by atoms with E-state index in [0.717, 1.165) is 18.4 Å². The average molecular weight is 292 g/mol. The molecule has 1 amide bonds. The fourth-order valence-corrected chi connectivity index (χ4v) is 2.93. The fourth-order valence-electron chi connectivity index (χ4n) is 2.93. The Bertz CT molecular complexity index is 531. The third-order valence-corrected chi connectivity index (χ3v) is 4.49. The minimum absolute atomic E-state index is 0.0371. The van der Waals surface area contributed by atoms with Gasteiger partial charge in [-0.05, 0) is 37.5 Å². The quantitative estimate of drug-likeness (QED) is 0.881. The second kappa shape index (κ2) is 5.73. The van der Waals surface area contributed by atoms with Crippen molar-refractivity contribution in [2.45, 2.75) is 37.3 Å².